The van der Waals surface area contributed by atoms with Gasteiger partial charge in [-0.2, -0.15) is 0 Å². The van der Waals surface area contributed by atoms with E-state index in [1.165, 1.54) is 0 Å². The molecule has 0 saturated carbocycles. The summed E-state index contributed by atoms with van der Waals surface area (Å²) in [6, 6.07) is 13.6. The Morgan fingerprint density at radius 3 is 2.57 bits per heavy atom. The van der Waals surface area contributed by atoms with E-state index in [0.29, 0.717) is 13.0 Å². The molecule has 0 radical (unpaired) electrons. The smallest absolute Gasteiger partial charge is 0.125 e. The average Bonchev–Trinajstić information content (AvgIpc) is 2.52. The van der Waals surface area contributed by atoms with Crippen LogP contribution < -0.4 is 9.47 Å². The Kier molecular flexibility index (Phi) is 5.23. The summed E-state index contributed by atoms with van der Waals surface area (Å²) in [5, 5.41) is 10.0. The fourth-order valence-electron chi connectivity index (χ4n) is 2.28. The summed E-state index contributed by atoms with van der Waals surface area (Å²) in [5.41, 5.74) is 2.99. The Hall–Kier alpha value is -2.00. The monoisotopic (exact) mass is 286 g/mol. The Labute approximate surface area is 126 Å². The largest absolute Gasteiger partial charge is 0.496 e. The van der Waals surface area contributed by atoms with E-state index in [1.54, 1.807) is 7.11 Å². The van der Waals surface area contributed by atoms with E-state index in [0.717, 1.165) is 28.2 Å². The van der Waals surface area contributed by atoms with Crippen LogP contribution in [0, 0.1) is 6.92 Å². The van der Waals surface area contributed by atoms with E-state index in [1.807, 2.05) is 50.2 Å². The van der Waals surface area contributed by atoms with Gasteiger partial charge < -0.3 is 14.6 Å². The van der Waals surface area contributed by atoms with E-state index >= 15 is 0 Å². The predicted molar refractivity (Wildman–Crippen MR) is 83.8 cm³/mol. The van der Waals surface area contributed by atoms with Crippen molar-refractivity contribution in [2.45, 2.75) is 33.0 Å². The Morgan fingerprint density at radius 1 is 1.10 bits per heavy atom. The molecule has 1 N–H and O–H groups in total. The standard InChI is InChI=1S/C18H22O3/c1-4-16(19)15-7-5-6-8-18(15)21-12-14-11-13(2)9-10-17(14)20-3/h5-11,16,19H,4,12H2,1-3H3/t16-/m1/s1. The lowest BCUT2D eigenvalue weighted by Gasteiger charge is -2.16. The molecule has 2 aromatic carbocycles. The summed E-state index contributed by atoms with van der Waals surface area (Å²) in [5.74, 6) is 1.53. The van der Waals surface area contributed by atoms with Gasteiger partial charge in [0.2, 0.25) is 0 Å². The summed E-state index contributed by atoms with van der Waals surface area (Å²) in [4.78, 5) is 0. The fraction of sp³-hybridized carbons (Fsp3) is 0.333. The van der Waals surface area contributed by atoms with Crippen LogP contribution in [0.3, 0.4) is 0 Å². The SMILES string of the molecule is CC[C@@H](O)c1ccccc1OCc1cc(C)ccc1OC. The van der Waals surface area contributed by atoms with Crippen LogP contribution in [0.4, 0.5) is 0 Å². The summed E-state index contributed by atoms with van der Waals surface area (Å²) in [6.07, 6.45) is 0.161. The van der Waals surface area contributed by atoms with Crippen molar-refractivity contribution in [2.75, 3.05) is 7.11 Å². The number of rotatable bonds is 6. The van der Waals surface area contributed by atoms with Crippen molar-refractivity contribution >= 4 is 0 Å². The maximum atomic E-state index is 10.0. The molecule has 0 heterocycles. The molecule has 0 saturated heterocycles. The maximum absolute atomic E-state index is 10.0. The molecule has 2 aromatic rings. The molecule has 0 aliphatic heterocycles. The highest BCUT2D eigenvalue weighted by molar-refractivity contribution is 5.38. The number of aliphatic hydroxyl groups excluding tert-OH is 1. The number of ether oxygens (including phenoxy) is 2. The summed E-state index contributed by atoms with van der Waals surface area (Å²) >= 11 is 0. The fourth-order valence-corrected chi connectivity index (χ4v) is 2.28. The van der Waals surface area contributed by atoms with Crippen molar-refractivity contribution in [2.24, 2.45) is 0 Å². The van der Waals surface area contributed by atoms with Gasteiger partial charge in [-0.15, -0.1) is 0 Å². The number of hydrogen-bond donors (Lipinski definition) is 1. The van der Waals surface area contributed by atoms with Crippen molar-refractivity contribution in [1.29, 1.82) is 0 Å². The van der Waals surface area contributed by atoms with Gasteiger partial charge in [-0.3, -0.25) is 0 Å². The maximum Gasteiger partial charge on any atom is 0.125 e. The molecule has 0 fully saturated rings. The molecule has 112 valence electrons. The van der Waals surface area contributed by atoms with Crippen LogP contribution in [0.2, 0.25) is 0 Å². The van der Waals surface area contributed by atoms with Gasteiger partial charge in [-0.25, -0.2) is 0 Å². The molecule has 0 amide bonds. The molecule has 2 rings (SSSR count). The van der Waals surface area contributed by atoms with Gasteiger partial charge in [-0.1, -0.05) is 36.8 Å². The van der Waals surface area contributed by atoms with Crippen LogP contribution in [-0.2, 0) is 6.61 Å². The summed E-state index contributed by atoms with van der Waals surface area (Å²) in [7, 11) is 1.66. The second kappa shape index (κ2) is 7.14. The van der Waals surface area contributed by atoms with Gasteiger partial charge in [0, 0.05) is 11.1 Å². The van der Waals surface area contributed by atoms with Crippen molar-refractivity contribution < 1.29 is 14.6 Å². The van der Waals surface area contributed by atoms with Crippen LogP contribution in [0.5, 0.6) is 11.5 Å². The Bertz CT molecular complexity index is 593. The summed E-state index contributed by atoms with van der Waals surface area (Å²) < 4.78 is 11.3. The van der Waals surface area contributed by atoms with Gasteiger partial charge in [-0.05, 0) is 31.5 Å². The molecule has 0 unspecified atom stereocenters. The van der Waals surface area contributed by atoms with Crippen molar-refractivity contribution in [3.8, 4) is 11.5 Å². The molecule has 0 aliphatic carbocycles. The molecule has 0 bridgehead atoms. The number of hydrogen-bond acceptors (Lipinski definition) is 3. The Balaban J connectivity index is 2.19. The first-order chi connectivity index (χ1) is 10.2. The first-order valence-corrected chi connectivity index (χ1v) is 7.19. The van der Waals surface area contributed by atoms with Gasteiger partial charge in [0.1, 0.15) is 18.1 Å². The molecule has 21 heavy (non-hydrogen) atoms. The zero-order valence-electron chi connectivity index (χ0n) is 12.8. The quantitative estimate of drug-likeness (QED) is 0.871. The third kappa shape index (κ3) is 3.76. The average molecular weight is 286 g/mol. The first kappa shape index (κ1) is 15.4. The van der Waals surface area contributed by atoms with Crippen molar-refractivity contribution in [3.05, 3.63) is 59.2 Å². The minimum atomic E-state index is -0.499. The third-order valence-electron chi connectivity index (χ3n) is 3.48. The normalized spacial score (nSPS) is 12.0. The minimum Gasteiger partial charge on any atom is -0.496 e. The molecule has 1 atom stereocenters. The number of benzene rings is 2. The summed E-state index contributed by atoms with van der Waals surface area (Å²) in [6.45, 7) is 4.40. The lowest BCUT2D eigenvalue weighted by molar-refractivity contribution is 0.166. The molecule has 0 aliphatic rings. The van der Waals surface area contributed by atoms with Gasteiger partial charge in [0.05, 0.1) is 13.2 Å². The number of para-hydroxylation sites is 1. The molecule has 0 aromatic heterocycles. The van der Waals surface area contributed by atoms with E-state index in [9.17, 15) is 5.11 Å². The van der Waals surface area contributed by atoms with Crippen LogP contribution in [0.15, 0.2) is 42.5 Å². The second-order valence-corrected chi connectivity index (χ2v) is 5.07. The first-order valence-electron chi connectivity index (χ1n) is 7.19. The number of aliphatic hydroxyl groups is 1. The lowest BCUT2D eigenvalue weighted by atomic mass is 10.1. The van der Waals surface area contributed by atoms with E-state index < -0.39 is 6.10 Å². The van der Waals surface area contributed by atoms with Crippen LogP contribution in [0.25, 0.3) is 0 Å². The zero-order valence-corrected chi connectivity index (χ0v) is 12.8. The zero-order chi connectivity index (χ0) is 15.2. The number of aryl methyl sites for hydroxylation is 1. The molecule has 3 heteroatoms. The highest BCUT2D eigenvalue weighted by Crippen LogP contribution is 2.29. The molecular weight excluding hydrogens is 264 g/mol. The van der Waals surface area contributed by atoms with Gasteiger partial charge in [0.25, 0.3) is 0 Å². The third-order valence-corrected chi connectivity index (χ3v) is 3.48. The highest BCUT2D eigenvalue weighted by Gasteiger charge is 2.12. The van der Waals surface area contributed by atoms with E-state index in [2.05, 4.69) is 6.07 Å². The molecule has 3 nitrogen and oxygen atoms in total. The van der Waals surface area contributed by atoms with Crippen LogP contribution in [-0.4, -0.2) is 12.2 Å². The topological polar surface area (TPSA) is 38.7 Å². The second-order valence-electron chi connectivity index (χ2n) is 5.07. The highest BCUT2D eigenvalue weighted by atomic mass is 16.5. The molecular formula is C18H22O3. The minimum absolute atomic E-state index is 0.415. The van der Waals surface area contributed by atoms with Crippen molar-refractivity contribution in [1.82, 2.24) is 0 Å². The predicted octanol–water partition coefficient (Wildman–Crippen LogP) is 4.03. The lowest BCUT2D eigenvalue weighted by Crippen LogP contribution is -2.03. The van der Waals surface area contributed by atoms with Gasteiger partial charge in [0.15, 0.2) is 0 Å². The van der Waals surface area contributed by atoms with Crippen LogP contribution >= 0.6 is 0 Å². The Morgan fingerprint density at radius 2 is 1.86 bits per heavy atom. The van der Waals surface area contributed by atoms with Crippen molar-refractivity contribution in [3.63, 3.8) is 0 Å². The number of methoxy groups -OCH3 is 1. The van der Waals surface area contributed by atoms with E-state index in [-0.39, 0.29) is 0 Å². The van der Waals surface area contributed by atoms with Gasteiger partial charge >= 0.3 is 0 Å². The van der Waals surface area contributed by atoms with E-state index in [4.69, 9.17) is 9.47 Å². The molecule has 0 spiro atoms. The van der Waals surface area contributed by atoms with Crippen LogP contribution in [0.1, 0.15) is 36.1 Å².